The first-order chi connectivity index (χ1) is 22.8. The molecule has 46 heavy (non-hydrogen) atoms. The molecule has 9 heteroatoms. The summed E-state index contributed by atoms with van der Waals surface area (Å²) >= 11 is 0. The van der Waals surface area contributed by atoms with E-state index in [2.05, 4.69) is 105 Å². The van der Waals surface area contributed by atoms with Crippen LogP contribution >= 0.6 is 0 Å². The van der Waals surface area contributed by atoms with Crippen molar-refractivity contribution in [2.45, 2.75) is 6.29 Å². The van der Waals surface area contributed by atoms with Crippen molar-refractivity contribution in [3.05, 3.63) is 128 Å². The van der Waals surface area contributed by atoms with Crippen molar-refractivity contribution in [2.75, 3.05) is 7.05 Å². The van der Waals surface area contributed by atoms with Crippen molar-refractivity contribution < 1.29 is 0 Å². The number of hydrogen-bond acceptors (Lipinski definition) is 6. The van der Waals surface area contributed by atoms with Crippen LogP contribution in [0.4, 0.5) is 0 Å². The zero-order valence-corrected chi connectivity index (χ0v) is 24.7. The molecular formula is C37H25N9. The molecule has 1 aliphatic heterocycles. The van der Waals surface area contributed by atoms with Gasteiger partial charge in [0.25, 0.3) is 0 Å². The van der Waals surface area contributed by atoms with E-state index in [1.54, 1.807) is 0 Å². The van der Waals surface area contributed by atoms with Crippen LogP contribution in [0.2, 0.25) is 0 Å². The van der Waals surface area contributed by atoms with E-state index in [1.807, 2.05) is 48.9 Å². The SMILES string of the molecule is CN1C(n2c3ccccc3c3ncccc32)=NC(n2c3ccccc3c3ncccc32)=NC1n1c2ccccc2c2ncccc21. The van der Waals surface area contributed by atoms with Gasteiger partial charge in [-0.25, -0.2) is 4.99 Å². The monoisotopic (exact) mass is 595 g/mol. The number of aliphatic imine (C=N–C) groups is 2. The highest BCUT2D eigenvalue weighted by Crippen LogP contribution is 2.36. The lowest BCUT2D eigenvalue weighted by molar-refractivity contribution is 0.288. The summed E-state index contributed by atoms with van der Waals surface area (Å²) in [6.07, 6.45) is 5.04. The maximum Gasteiger partial charge on any atom is 0.237 e. The Hall–Kier alpha value is -6.35. The molecule has 0 saturated carbocycles. The normalized spacial score (nSPS) is 15.5. The molecule has 0 bridgehead atoms. The average molecular weight is 596 g/mol. The molecule has 0 aliphatic carbocycles. The van der Waals surface area contributed by atoms with Crippen molar-refractivity contribution in [1.29, 1.82) is 0 Å². The molecule has 0 amide bonds. The first-order valence-electron chi connectivity index (χ1n) is 15.2. The molecule has 0 saturated heterocycles. The smallest absolute Gasteiger partial charge is 0.237 e. The molecule has 9 nitrogen and oxygen atoms in total. The van der Waals surface area contributed by atoms with Gasteiger partial charge in [-0.05, 0) is 54.6 Å². The molecule has 1 atom stereocenters. The van der Waals surface area contributed by atoms with Gasteiger partial charge in [0.15, 0.2) is 0 Å². The van der Waals surface area contributed by atoms with Gasteiger partial charge in [0.1, 0.15) is 0 Å². The fraction of sp³-hybridized carbons (Fsp3) is 0.0541. The molecule has 6 aromatic heterocycles. The highest BCUT2D eigenvalue weighted by atomic mass is 15.5. The Labute approximate surface area is 262 Å². The van der Waals surface area contributed by atoms with E-state index >= 15 is 0 Å². The van der Waals surface area contributed by atoms with Crippen LogP contribution in [0.25, 0.3) is 65.8 Å². The fourth-order valence-corrected chi connectivity index (χ4v) is 7.10. The van der Waals surface area contributed by atoms with Crippen LogP contribution in [0, 0.1) is 0 Å². The van der Waals surface area contributed by atoms with Gasteiger partial charge in [0.2, 0.25) is 18.2 Å². The summed E-state index contributed by atoms with van der Waals surface area (Å²) in [6.45, 7) is 0. The van der Waals surface area contributed by atoms with Crippen LogP contribution < -0.4 is 0 Å². The lowest BCUT2D eigenvalue weighted by Crippen LogP contribution is -2.42. The molecule has 1 aliphatic rings. The molecule has 9 aromatic rings. The van der Waals surface area contributed by atoms with Crippen LogP contribution in [0.1, 0.15) is 6.29 Å². The van der Waals surface area contributed by atoms with Gasteiger partial charge < -0.3 is 4.90 Å². The number of benzene rings is 3. The Morgan fingerprint density at radius 2 is 0.935 bits per heavy atom. The molecule has 1 unspecified atom stereocenters. The van der Waals surface area contributed by atoms with Gasteiger partial charge in [-0.15, -0.1) is 0 Å². The topological polar surface area (TPSA) is 81.4 Å². The molecule has 0 spiro atoms. The molecular weight excluding hydrogens is 570 g/mol. The van der Waals surface area contributed by atoms with Crippen LogP contribution in [0.15, 0.2) is 138 Å². The first kappa shape index (κ1) is 25.0. The summed E-state index contributed by atoms with van der Waals surface area (Å²) in [6, 6.07) is 37.3. The minimum absolute atomic E-state index is 0.491. The van der Waals surface area contributed by atoms with Crippen LogP contribution in [-0.4, -0.2) is 52.5 Å². The standard InChI is InChI=1S/C37H25N9/c1-43-36(45-27-15-6-3-12-24(27)33-30(45)18-9-21-39-33)41-35(44-26-14-5-2-11-23(26)32-29(44)17-8-20-38-32)42-37(43)46-28-16-7-4-13-25(28)34-31(46)19-10-22-40-34/h2-22,36H,1H3. The largest absolute Gasteiger partial charge is 0.305 e. The molecule has 0 radical (unpaired) electrons. The van der Waals surface area contributed by atoms with Gasteiger partial charge in [0.05, 0.1) is 49.7 Å². The summed E-state index contributed by atoms with van der Waals surface area (Å²) < 4.78 is 6.61. The molecule has 3 aromatic carbocycles. The van der Waals surface area contributed by atoms with Crippen molar-refractivity contribution in [3.8, 4) is 0 Å². The van der Waals surface area contributed by atoms with E-state index in [0.717, 1.165) is 71.8 Å². The maximum absolute atomic E-state index is 5.47. The Bertz CT molecular complexity index is 2580. The summed E-state index contributed by atoms with van der Waals surface area (Å²) in [4.78, 5) is 27.4. The van der Waals surface area contributed by atoms with Gasteiger partial charge in [-0.3, -0.25) is 28.7 Å². The maximum atomic E-state index is 5.47. The summed E-state index contributed by atoms with van der Waals surface area (Å²) in [7, 11) is 2.06. The van der Waals surface area contributed by atoms with Gasteiger partial charge in [0, 0.05) is 41.8 Å². The third kappa shape index (κ3) is 3.31. The lowest BCUT2D eigenvalue weighted by atomic mass is 10.2. The number of para-hydroxylation sites is 3. The third-order valence-corrected chi connectivity index (χ3v) is 9.04. The summed E-state index contributed by atoms with van der Waals surface area (Å²) in [5.74, 6) is 1.31. The predicted octanol–water partition coefficient (Wildman–Crippen LogP) is 7.41. The van der Waals surface area contributed by atoms with Crippen molar-refractivity contribution in [3.63, 3.8) is 0 Å². The van der Waals surface area contributed by atoms with Crippen molar-refractivity contribution >= 4 is 77.7 Å². The zero-order valence-electron chi connectivity index (χ0n) is 24.7. The minimum Gasteiger partial charge on any atom is -0.305 e. The van der Waals surface area contributed by atoms with E-state index in [-0.39, 0.29) is 0 Å². The average Bonchev–Trinajstić information content (AvgIpc) is 3.75. The number of aromatic nitrogens is 6. The second-order valence-corrected chi connectivity index (χ2v) is 11.5. The van der Waals surface area contributed by atoms with E-state index in [4.69, 9.17) is 24.9 Å². The van der Waals surface area contributed by atoms with Crippen molar-refractivity contribution in [2.24, 2.45) is 9.98 Å². The van der Waals surface area contributed by atoms with Crippen molar-refractivity contribution in [1.82, 2.24) is 33.6 Å². The summed E-state index contributed by atoms with van der Waals surface area (Å²) in [5, 5.41) is 3.20. The first-order valence-corrected chi connectivity index (χ1v) is 15.2. The van der Waals surface area contributed by atoms with Crippen LogP contribution in [0.3, 0.4) is 0 Å². The van der Waals surface area contributed by atoms with Gasteiger partial charge in [-0.2, -0.15) is 4.99 Å². The molecule has 10 rings (SSSR count). The number of fused-ring (bicyclic) bond motifs is 9. The molecule has 7 heterocycles. The number of rotatable bonds is 1. The second-order valence-electron chi connectivity index (χ2n) is 11.5. The number of pyridine rings is 3. The lowest BCUT2D eigenvalue weighted by Gasteiger charge is -2.34. The van der Waals surface area contributed by atoms with Crippen LogP contribution in [0.5, 0.6) is 0 Å². The third-order valence-electron chi connectivity index (χ3n) is 9.04. The van der Waals surface area contributed by atoms with E-state index in [1.165, 1.54) is 0 Å². The van der Waals surface area contributed by atoms with E-state index < -0.39 is 6.29 Å². The Morgan fingerprint density at radius 1 is 0.478 bits per heavy atom. The van der Waals surface area contributed by atoms with Gasteiger partial charge in [-0.1, -0.05) is 54.6 Å². The fourth-order valence-electron chi connectivity index (χ4n) is 7.10. The summed E-state index contributed by atoms with van der Waals surface area (Å²) in [5.41, 5.74) is 8.76. The predicted molar refractivity (Wildman–Crippen MR) is 184 cm³/mol. The Balaban J connectivity index is 1.34. The number of hydrogen-bond donors (Lipinski definition) is 0. The van der Waals surface area contributed by atoms with Gasteiger partial charge >= 0.3 is 0 Å². The van der Waals surface area contributed by atoms with E-state index in [9.17, 15) is 0 Å². The Kier molecular flexibility index (Phi) is 5.07. The Morgan fingerprint density at radius 3 is 1.57 bits per heavy atom. The minimum atomic E-state index is -0.491. The quantitative estimate of drug-likeness (QED) is 0.198. The molecule has 218 valence electrons. The highest BCUT2D eigenvalue weighted by Gasteiger charge is 2.32. The molecule has 0 N–H and O–H groups in total. The highest BCUT2D eigenvalue weighted by molar-refractivity contribution is 6.17. The number of nitrogens with zero attached hydrogens (tertiary/aromatic N) is 9. The zero-order chi connectivity index (χ0) is 30.4. The molecule has 0 fully saturated rings. The second kappa shape index (κ2) is 9.33. The van der Waals surface area contributed by atoms with Crippen LogP contribution in [-0.2, 0) is 0 Å². The van der Waals surface area contributed by atoms with E-state index in [0.29, 0.717) is 5.96 Å².